The highest BCUT2D eigenvalue weighted by Crippen LogP contribution is 2.31. The average molecular weight is 270 g/mol. The molecule has 0 bridgehead atoms. The monoisotopic (exact) mass is 269 g/mol. The van der Waals surface area contributed by atoms with E-state index in [-0.39, 0.29) is 0 Å². The van der Waals surface area contributed by atoms with Crippen LogP contribution in [0, 0.1) is 0 Å². The van der Waals surface area contributed by atoms with Crippen molar-refractivity contribution in [3.63, 3.8) is 0 Å². The smallest absolute Gasteiger partial charge is 0.150 e. The number of carbonyl (C=O) groups excluding carboxylic acids is 1. The summed E-state index contributed by atoms with van der Waals surface area (Å²) in [5, 5.41) is 0. The number of nitrogens with two attached hydrogens (primary N) is 1. The Kier molecular flexibility index (Phi) is 4.52. The van der Waals surface area contributed by atoms with Crippen molar-refractivity contribution in [1.29, 1.82) is 0 Å². The molecule has 0 spiro atoms. The molecule has 0 atom stereocenters. The van der Waals surface area contributed by atoms with E-state index in [2.05, 4.69) is 21.7 Å². The van der Waals surface area contributed by atoms with E-state index < -0.39 is 0 Å². The molecule has 0 radical (unpaired) electrons. The number of allylic oxidation sites excluding steroid dienone is 1. The largest absolute Gasteiger partial charge is 0.489 e. The third-order valence-electron chi connectivity index (χ3n) is 1.92. The lowest BCUT2D eigenvalue weighted by Gasteiger charge is -2.15. The molecule has 1 aromatic rings. The molecule has 0 fully saturated rings. The van der Waals surface area contributed by atoms with Crippen LogP contribution in [-0.4, -0.2) is 19.9 Å². The van der Waals surface area contributed by atoms with Crippen molar-refractivity contribution < 1.29 is 9.53 Å². The standard InChI is InChI=1S/C10H7BrO2.CH5N/c11-8-1-2-9-7(6-12)3-4-13-10(9)5-8;1-2/h1-3,5-6H,4H2;2H2,1H3. The number of fused-ring (bicyclic) bond motifs is 1. The van der Waals surface area contributed by atoms with Gasteiger partial charge in [0.05, 0.1) is 0 Å². The Morgan fingerprint density at radius 3 is 2.87 bits per heavy atom. The third kappa shape index (κ3) is 2.67. The van der Waals surface area contributed by atoms with Crippen LogP contribution >= 0.6 is 15.9 Å². The predicted molar refractivity (Wildman–Crippen MR) is 63.8 cm³/mol. The molecule has 0 saturated heterocycles. The summed E-state index contributed by atoms with van der Waals surface area (Å²) in [4.78, 5) is 10.7. The van der Waals surface area contributed by atoms with Crippen molar-refractivity contribution in [3.05, 3.63) is 34.3 Å². The molecule has 0 saturated carbocycles. The second kappa shape index (κ2) is 5.68. The fourth-order valence-electron chi connectivity index (χ4n) is 1.30. The van der Waals surface area contributed by atoms with Crippen LogP contribution in [0.2, 0.25) is 0 Å². The van der Waals surface area contributed by atoms with E-state index in [0.717, 1.165) is 22.1 Å². The van der Waals surface area contributed by atoms with E-state index in [9.17, 15) is 4.79 Å². The molecule has 1 aliphatic rings. The summed E-state index contributed by atoms with van der Waals surface area (Å²) in [5.74, 6) is 0.763. The first-order valence-corrected chi connectivity index (χ1v) is 5.26. The van der Waals surface area contributed by atoms with Gasteiger partial charge in [-0.1, -0.05) is 15.9 Å². The van der Waals surface area contributed by atoms with E-state index in [1.807, 2.05) is 18.2 Å². The fourth-order valence-corrected chi connectivity index (χ4v) is 1.64. The van der Waals surface area contributed by atoms with Gasteiger partial charge < -0.3 is 10.5 Å². The SMILES string of the molecule is CN.O=CC1=CCOc2cc(Br)ccc21. The first-order valence-electron chi connectivity index (χ1n) is 4.47. The Hall–Kier alpha value is -1.13. The molecule has 1 aromatic carbocycles. The van der Waals surface area contributed by atoms with Crippen LogP contribution in [-0.2, 0) is 4.79 Å². The van der Waals surface area contributed by atoms with Gasteiger partial charge in [0.1, 0.15) is 12.4 Å². The summed E-state index contributed by atoms with van der Waals surface area (Å²) in [6, 6.07) is 5.63. The highest BCUT2D eigenvalue weighted by Gasteiger charge is 2.12. The second-order valence-corrected chi connectivity index (χ2v) is 3.64. The van der Waals surface area contributed by atoms with Gasteiger partial charge in [-0.15, -0.1) is 0 Å². The summed E-state index contributed by atoms with van der Waals surface area (Å²) in [6.07, 6.45) is 2.64. The van der Waals surface area contributed by atoms with Crippen molar-refractivity contribution in [1.82, 2.24) is 0 Å². The highest BCUT2D eigenvalue weighted by molar-refractivity contribution is 9.10. The molecule has 2 rings (SSSR count). The fraction of sp³-hybridized carbons (Fsp3) is 0.182. The van der Waals surface area contributed by atoms with Gasteiger partial charge in [0.2, 0.25) is 0 Å². The van der Waals surface area contributed by atoms with Gasteiger partial charge in [-0.05, 0) is 31.3 Å². The number of benzene rings is 1. The molecule has 15 heavy (non-hydrogen) atoms. The van der Waals surface area contributed by atoms with E-state index in [1.54, 1.807) is 6.08 Å². The lowest BCUT2D eigenvalue weighted by molar-refractivity contribution is -0.103. The Morgan fingerprint density at radius 2 is 2.20 bits per heavy atom. The van der Waals surface area contributed by atoms with E-state index in [0.29, 0.717) is 12.2 Å². The van der Waals surface area contributed by atoms with Gasteiger partial charge in [0.25, 0.3) is 0 Å². The Bertz CT molecular complexity index is 388. The topological polar surface area (TPSA) is 52.3 Å². The zero-order chi connectivity index (χ0) is 11.3. The molecule has 0 aliphatic carbocycles. The van der Waals surface area contributed by atoms with Crippen LogP contribution in [0.4, 0.5) is 0 Å². The molecule has 80 valence electrons. The maximum atomic E-state index is 10.7. The minimum atomic E-state index is 0.470. The zero-order valence-corrected chi connectivity index (χ0v) is 9.95. The van der Waals surface area contributed by atoms with E-state index >= 15 is 0 Å². The van der Waals surface area contributed by atoms with Gasteiger partial charge in [-0.3, -0.25) is 4.79 Å². The molecule has 0 amide bonds. The summed E-state index contributed by atoms with van der Waals surface area (Å²) >= 11 is 3.34. The summed E-state index contributed by atoms with van der Waals surface area (Å²) in [7, 11) is 1.50. The minimum Gasteiger partial charge on any atom is -0.489 e. The number of hydrogen-bond donors (Lipinski definition) is 1. The Labute approximate surface area is 97.0 Å². The average Bonchev–Trinajstić information content (AvgIpc) is 2.30. The number of rotatable bonds is 1. The van der Waals surface area contributed by atoms with Gasteiger partial charge in [0.15, 0.2) is 6.29 Å². The third-order valence-corrected chi connectivity index (χ3v) is 2.42. The van der Waals surface area contributed by atoms with Crippen LogP contribution in [0.15, 0.2) is 28.7 Å². The van der Waals surface area contributed by atoms with Crippen LogP contribution in [0.5, 0.6) is 5.75 Å². The van der Waals surface area contributed by atoms with Crippen molar-refractivity contribution in [3.8, 4) is 5.75 Å². The first kappa shape index (κ1) is 11.9. The lowest BCUT2D eigenvalue weighted by Crippen LogP contribution is -2.04. The van der Waals surface area contributed by atoms with Crippen LogP contribution in [0.1, 0.15) is 5.56 Å². The van der Waals surface area contributed by atoms with Gasteiger partial charge in [0, 0.05) is 15.6 Å². The maximum Gasteiger partial charge on any atom is 0.150 e. The maximum absolute atomic E-state index is 10.7. The van der Waals surface area contributed by atoms with Crippen molar-refractivity contribution in [2.24, 2.45) is 5.73 Å². The molecule has 2 N–H and O–H groups in total. The Balaban J connectivity index is 0.000000531. The Morgan fingerprint density at radius 1 is 1.47 bits per heavy atom. The van der Waals surface area contributed by atoms with E-state index in [1.165, 1.54) is 7.05 Å². The first-order chi connectivity index (χ1) is 7.31. The van der Waals surface area contributed by atoms with E-state index in [4.69, 9.17) is 4.74 Å². The number of hydrogen-bond acceptors (Lipinski definition) is 3. The number of aldehydes is 1. The molecular formula is C11H12BrNO2. The van der Waals surface area contributed by atoms with Crippen LogP contribution in [0.3, 0.4) is 0 Å². The quantitative estimate of drug-likeness (QED) is 0.794. The number of carbonyl (C=O) groups is 1. The number of ether oxygens (including phenoxy) is 1. The lowest BCUT2D eigenvalue weighted by atomic mass is 10.0. The van der Waals surface area contributed by atoms with Crippen molar-refractivity contribution >= 4 is 27.8 Å². The zero-order valence-electron chi connectivity index (χ0n) is 8.37. The molecule has 0 unspecified atom stereocenters. The van der Waals surface area contributed by atoms with Crippen LogP contribution < -0.4 is 10.5 Å². The van der Waals surface area contributed by atoms with Gasteiger partial charge in [-0.25, -0.2) is 0 Å². The van der Waals surface area contributed by atoms with Crippen LogP contribution in [0.25, 0.3) is 5.57 Å². The van der Waals surface area contributed by atoms with Gasteiger partial charge in [-0.2, -0.15) is 0 Å². The molecule has 4 heteroatoms. The summed E-state index contributed by atoms with van der Waals surface area (Å²) in [5.41, 5.74) is 6.07. The van der Waals surface area contributed by atoms with Crippen molar-refractivity contribution in [2.45, 2.75) is 0 Å². The molecular weight excluding hydrogens is 258 g/mol. The molecule has 0 aromatic heterocycles. The van der Waals surface area contributed by atoms with Gasteiger partial charge >= 0.3 is 0 Å². The normalized spacial score (nSPS) is 12.6. The molecule has 3 nitrogen and oxygen atoms in total. The minimum absolute atomic E-state index is 0.470. The number of halogens is 1. The highest BCUT2D eigenvalue weighted by atomic mass is 79.9. The second-order valence-electron chi connectivity index (χ2n) is 2.73. The summed E-state index contributed by atoms with van der Waals surface area (Å²) in [6.45, 7) is 0.470. The predicted octanol–water partition coefficient (Wildman–Crippen LogP) is 2.00. The molecule has 1 heterocycles. The summed E-state index contributed by atoms with van der Waals surface area (Å²) < 4.78 is 6.33. The molecule has 1 aliphatic heterocycles. The van der Waals surface area contributed by atoms with Crippen molar-refractivity contribution in [2.75, 3.05) is 13.7 Å².